The fourth-order valence-electron chi connectivity index (χ4n) is 4.15. The first-order valence-corrected chi connectivity index (χ1v) is 12.9. The molecule has 0 aliphatic carbocycles. The number of rotatable bonds is 9. The van der Waals surface area contributed by atoms with E-state index in [1.165, 1.54) is 36.0 Å². The smallest absolute Gasteiger partial charge is 0.338 e. The SMILES string of the molecule is COCCOC(=O)C1=C(C)N=c2s/c(=C/c3cc([N+](=O)[O-])ccc3O)c(=O)n2[C@@H]1c1ccccc1OC(C)C. The lowest BCUT2D eigenvalue weighted by molar-refractivity contribution is -0.384. The molecular weight excluding hydrogens is 526 g/mol. The number of ether oxygens (including phenoxy) is 3. The molecule has 0 saturated carbocycles. The molecule has 1 aliphatic heterocycles. The van der Waals surface area contributed by atoms with Crippen LogP contribution < -0.4 is 19.6 Å². The number of fused-ring (bicyclic) bond motifs is 1. The first-order valence-electron chi connectivity index (χ1n) is 12.0. The average molecular weight is 554 g/mol. The van der Waals surface area contributed by atoms with E-state index < -0.39 is 22.5 Å². The van der Waals surface area contributed by atoms with Gasteiger partial charge in [-0.2, -0.15) is 0 Å². The van der Waals surface area contributed by atoms with Crippen LogP contribution in [0.4, 0.5) is 5.69 Å². The van der Waals surface area contributed by atoms with E-state index in [1.54, 1.807) is 31.2 Å². The van der Waals surface area contributed by atoms with Crippen molar-refractivity contribution in [1.29, 1.82) is 0 Å². The molecule has 1 atom stereocenters. The van der Waals surface area contributed by atoms with Gasteiger partial charge in [0.15, 0.2) is 4.80 Å². The van der Waals surface area contributed by atoms with Crippen LogP contribution in [-0.2, 0) is 14.3 Å². The van der Waals surface area contributed by atoms with Crippen molar-refractivity contribution in [2.24, 2.45) is 4.99 Å². The van der Waals surface area contributed by atoms with E-state index in [1.807, 2.05) is 13.8 Å². The van der Waals surface area contributed by atoms with Crippen LogP contribution in [0.5, 0.6) is 11.5 Å². The summed E-state index contributed by atoms with van der Waals surface area (Å²) < 4.78 is 18.0. The van der Waals surface area contributed by atoms with Crippen molar-refractivity contribution < 1.29 is 29.0 Å². The summed E-state index contributed by atoms with van der Waals surface area (Å²) in [5.74, 6) is -0.388. The van der Waals surface area contributed by atoms with Gasteiger partial charge in [-0.05, 0) is 39.0 Å². The van der Waals surface area contributed by atoms with Gasteiger partial charge in [0.1, 0.15) is 24.1 Å². The van der Waals surface area contributed by atoms with Crippen molar-refractivity contribution in [1.82, 2.24) is 4.57 Å². The molecule has 204 valence electrons. The number of phenols is 1. The number of para-hydroxylation sites is 1. The number of methoxy groups -OCH3 is 1. The molecule has 1 N–H and O–H groups in total. The van der Waals surface area contributed by atoms with Gasteiger partial charge < -0.3 is 19.3 Å². The number of aromatic hydroxyl groups is 1. The van der Waals surface area contributed by atoms with Gasteiger partial charge >= 0.3 is 5.97 Å². The lowest BCUT2D eigenvalue weighted by atomic mass is 9.95. The summed E-state index contributed by atoms with van der Waals surface area (Å²) in [5.41, 5.74) is 0.468. The summed E-state index contributed by atoms with van der Waals surface area (Å²) in [5, 5.41) is 21.5. The maximum absolute atomic E-state index is 13.8. The summed E-state index contributed by atoms with van der Waals surface area (Å²) in [7, 11) is 1.49. The molecule has 1 aromatic heterocycles. The van der Waals surface area contributed by atoms with Gasteiger partial charge in [0.25, 0.3) is 11.2 Å². The molecule has 39 heavy (non-hydrogen) atoms. The number of aromatic nitrogens is 1. The first-order chi connectivity index (χ1) is 18.6. The van der Waals surface area contributed by atoms with Gasteiger partial charge in [0, 0.05) is 30.4 Å². The lowest BCUT2D eigenvalue weighted by Crippen LogP contribution is -2.40. The minimum Gasteiger partial charge on any atom is -0.507 e. The van der Waals surface area contributed by atoms with Gasteiger partial charge in [0.2, 0.25) is 0 Å². The number of carbonyl (C=O) groups excluding carboxylic acids is 1. The Kier molecular flexibility index (Phi) is 8.27. The van der Waals surface area contributed by atoms with E-state index in [4.69, 9.17) is 14.2 Å². The minimum absolute atomic E-state index is 0.0134. The predicted molar refractivity (Wildman–Crippen MR) is 144 cm³/mol. The molecule has 2 heterocycles. The Bertz CT molecular complexity index is 1640. The number of esters is 1. The number of hydrogen-bond acceptors (Lipinski definition) is 10. The molecule has 11 nitrogen and oxygen atoms in total. The second-order valence-corrected chi connectivity index (χ2v) is 9.92. The molecule has 0 spiro atoms. The Morgan fingerprint density at radius 3 is 2.69 bits per heavy atom. The molecule has 3 aromatic rings. The van der Waals surface area contributed by atoms with Gasteiger partial charge in [-0.15, -0.1) is 0 Å². The third-order valence-corrected chi connectivity index (χ3v) is 6.83. The summed E-state index contributed by atoms with van der Waals surface area (Å²) >= 11 is 1.04. The van der Waals surface area contributed by atoms with E-state index in [-0.39, 0.29) is 46.4 Å². The Labute approximate surface area is 227 Å². The van der Waals surface area contributed by atoms with Crippen molar-refractivity contribution in [3.63, 3.8) is 0 Å². The Balaban J connectivity index is 1.95. The Morgan fingerprint density at radius 2 is 2.00 bits per heavy atom. The number of nitro groups is 1. The molecule has 0 unspecified atom stereocenters. The van der Waals surface area contributed by atoms with Gasteiger partial charge in [0.05, 0.1) is 33.4 Å². The van der Waals surface area contributed by atoms with E-state index in [9.17, 15) is 24.8 Å². The van der Waals surface area contributed by atoms with E-state index >= 15 is 0 Å². The highest BCUT2D eigenvalue weighted by atomic mass is 32.1. The summed E-state index contributed by atoms with van der Waals surface area (Å²) in [6.45, 7) is 5.61. The zero-order valence-electron chi connectivity index (χ0n) is 21.7. The molecule has 0 radical (unpaired) electrons. The summed E-state index contributed by atoms with van der Waals surface area (Å²) in [6, 6.07) is 9.73. The van der Waals surface area contributed by atoms with Gasteiger partial charge in [-0.25, -0.2) is 9.79 Å². The number of phenolic OH excluding ortho intramolecular Hbond substituents is 1. The fourth-order valence-corrected chi connectivity index (χ4v) is 5.19. The molecule has 0 bridgehead atoms. The molecule has 0 amide bonds. The number of thiazole rings is 1. The number of benzene rings is 2. The maximum Gasteiger partial charge on any atom is 0.338 e. The van der Waals surface area contributed by atoms with Crippen LogP contribution in [0.15, 0.2) is 63.5 Å². The summed E-state index contributed by atoms with van der Waals surface area (Å²) in [6.07, 6.45) is 1.19. The summed E-state index contributed by atoms with van der Waals surface area (Å²) in [4.78, 5) is 42.6. The highest BCUT2D eigenvalue weighted by Crippen LogP contribution is 2.36. The van der Waals surface area contributed by atoms with E-state index in [0.29, 0.717) is 21.8 Å². The van der Waals surface area contributed by atoms with Crippen molar-refractivity contribution in [2.75, 3.05) is 20.3 Å². The first kappa shape index (κ1) is 27.7. The van der Waals surface area contributed by atoms with E-state index in [2.05, 4.69) is 4.99 Å². The Morgan fingerprint density at radius 1 is 1.26 bits per heavy atom. The van der Waals surface area contributed by atoms with Crippen LogP contribution in [0.1, 0.15) is 37.9 Å². The number of nitrogens with zero attached hydrogens (tertiary/aromatic N) is 3. The van der Waals surface area contributed by atoms with Crippen molar-refractivity contribution in [3.05, 3.63) is 94.7 Å². The lowest BCUT2D eigenvalue weighted by Gasteiger charge is -2.27. The van der Waals surface area contributed by atoms with Crippen molar-refractivity contribution in [3.8, 4) is 11.5 Å². The third-order valence-electron chi connectivity index (χ3n) is 5.85. The zero-order valence-corrected chi connectivity index (χ0v) is 22.6. The minimum atomic E-state index is -0.924. The van der Waals surface area contributed by atoms with Crippen LogP contribution in [-0.4, -0.2) is 47.0 Å². The molecule has 1 aliphatic rings. The maximum atomic E-state index is 13.8. The fraction of sp³-hybridized carbons (Fsp3) is 0.296. The highest BCUT2D eigenvalue weighted by Gasteiger charge is 2.35. The van der Waals surface area contributed by atoms with Gasteiger partial charge in [-0.3, -0.25) is 19.5 Å². The number of non-ortho nitro benzene ring substituents is 1. The largest absolute Gasteiger partial charge is 0.507 e. The standard InChI is InChI=1S/C27H27N3O8S/c1-15(2)38-21-8-6-5-7-19(21)24-23(26(33)37-12-11-36-4)16(3)28-27-29(24)25(32)22(39-27)14-17-13-18(30(34)35)9-10-20(17)31/h5-10,13-15,24,31H,11-12H2,1-4H3/b22-14+/t24-/m1/s1. The van der Waals surface area contributed by atoms with Crippen LogP contribution in [0.2, 0.25) is 0 Å². The van der Waals surface area contributed by atoms with Crippen molar-refractivity contribution >= 4 is 29.1 Å². The quantitative estimate of drug-likeness (QED) is 0.184. The molecule has 0 saturated heterocycles. The second-order valence-electron chi connectivity index (χ2n) is 8.92. The van der Waals surface area contributed by atoms with Crippen LogP contribution in [0.3, 0.4) is 0 Å². The monoisotopic (exact) mass is 553 g/mol. The number of nitro benzene ring substituents is 1. The van der Waals surface area contributed by atoms with Crippen LogP contribution in [0, 0.1) is 10.1 Å². The molecule has 4 rings (SSSR count). The van der Waals surface area contributed by atoms with Gasteiger partial charge in [-0.1, -0.05) is 29.5 Å². The van der Waals surface area contributed by atoms with Crippen LogP contribution >= 0.6 is 11.3 Å². The average Bonchev–Trinajstić information content (AvgIpc) is 3.18. The number of carbonyl (C=O) groups is 1. The number of hydrogen-bond donors (Lipinski definition) is 1. The molecule has 2 aromatic carbocycles. The Hall–Kier alpha value is -4.29. The molecule has 0 fully saturated rings. The third kappa shape index (κ3) is 5.76. The highest BCUT2D eigenvalue weighted by molar-refractivity contribution is 7.07. The normalized spacial score (nSPS) is 15.2. The van der Waals surface area contributed by atoms with Crippen LogP contribution in [0.25, 0.3) is 6.08 Å². The predicted octanol–water partition coefficient (Wildman–Crippen LogP) is 2.83. The topological polar surface area (TPSA) is 142 Å². The second kappa shape index (κ2) is 11.6. The molecule has 12 heteroatoms. The van der Waals surface area contributed by atoms with E-state index in [0.717, 1.165) is 11.3 Å². The molecular formula is C27H27N3O8S. The number of allylic oxidation sites excluding steroid dienone is 1. The van der Waals surface area contributed by atoms with Crippen molar-refractivity contribution in [2.45, 2.75) is 32.9 Å². The zero-order chi connectivity index (χ0) is 28.3.